The SMILES string of the molecule is CCN1CCCC1CNC(=NC)NCCc1cccc(C)c1.I. The van der Waals surface area contributed by atoms with Gasteiger partial charge < -0.3 is 10.6 Å². The fraction of sp³-hybridized carbons (Fsp3) is 0.611. The molecule has 5 heteroatoms. The summed E-state index contributed by atoms with van der Waals surface area (Å²) in [6.45, 7) is 8.66. The summed E-state index contributed by atoms with van der Waals surface area (Å²) < 4.78 is 0. The van der Waals surface area contributed by atoms with Gasteiger partial charge in [0.15, 0.2) is 5.96 Å². The smallest absolute Gasteiger partial charge is 0.191 e. The minimum absolute atomic E-state index is 0. The summed E-state index contributed by atoms with van der Waals surface area (Å²) in [6, 6.07) is 9.34. The Kier molecular flexibility index (Phi) is 9.55. The number of hydrogen-bond donors (Lipinski definition) is 2. The molecule has 0 radical (unpaired) electrons. The fourth-order valence-electron chi connectivity index (χ4n) is 3.17. The van der Waals surface area contributed by atoms with Gasteiger partial charge in [-0.05, 0) is 44.8 Å². The van der Waals surface area contributed by atoms with Crippen molar-refractivity contribution in [3.8, 4) is 0 Å². The molecular weight excluding hydrogens is 399 g/mol. The second-order valence-electron chi connectivity index (χ2n) is 6.04. The Morgan fingerprint density at radius 2 is 2.17 bits per heavy atom. The van der Waals surface area contributed by atoms with E-state index >= 15 is 0 Å². The molecule has 0 bridgehead atoms. The van der Waals surface area contributed by atoms with Crippen molar-refractivity contribution in [1.29, 1.82) is 0 Å². The lowest BCUT2D eigenvalue weighted by Gasteiger charge is -2.24. The molecule has 0 amide bonds. The predicted molar refractivity (Wildman–Crippen MR) is 110 cm³/mol. The summed E-state index contributed by atoms with van der Waals surface area (Å²) in [7, 11) is 1.84. The highest BCUT2D eigenvalue weighted by atomic mass is 127. The van der Waals surface area contributed by atoms with Crippen LogP contribution in [0.3, 0.4) is 0 Å². The normalized spacial score (nSPS) is 18.6. The Morgan fingerprint density at radius 3 is 2.87 bits per heavy atom. The van der Waals surface area contributed by atoms with Crippen molar-refractivity contribution in [2.75, 3.05) is 33.2 Å². The maximum atomic E-state index is 4.32. The summed E-state index contributed by atoms with van der Waals surface area (Å²) in [4.78, 5) is 6.87. The first kappa shape index (κ1) is 20.2. The molecule has 23 heavy (non-hydrogen) atoms. The van der Waals surface area contributed by atoms with Gasteiger partial charge in [0, 0.05) is 26.2 Å². The quantitative estimate of drug-likeness (QED) is 0.414. The van der Waals surface area contributed by atoms with Crippen molar-refractivity contribution < 1.29 is 0 Å². The molecular formula is C18H31IN4. The van der Waals surface area contributed by atoms with Crippen LogP contribution in [0.1, 0.15) is 30.9 Å². The van der Waals surface area contributed by atoms with Crippen molar-refractivity contribution >= 4 is 29.9 Å². The Morgan fingerprint density at radius 1 is 1.35 bits per heavy atom. The van der Waals surface area contributed by atoms with Crippen LogP contribution < -0.4 is 10.6 Å². The average molecular weight is 430 g/mol. The summed E-state index contributed by atoms with van der Waals surface area (Å²) in [5, 5.41) is 6.89. The monoisotopic (exact) mass is 430 g/mol. The molecule has 1 saturated heterocycles. The van der Waals surface area contributed by atoms with Crippen LogP contribution in [0.5, 0.6) is 0 Å². The first-order chi connectivity index (χ1) is 10.7. The third kappa shape index (κ3) is 6.67. The largest absolute Gasteiger partial charge is 0.356 e. The minimum atomic E-state index is 0. The molecule has 0 saturated carbocycles. The van der Waals surface area contributed by atoms with E-state index in [1.54, 1.807) is 0 Å². The van der Waals surface area contributed by atoms with Crippen LogP contribution in [-0.2, 0) is 6.42 Å². The lowest BCUT2D eigenvalue weighted by atomic mass is 10.1. The number of benzene rings is 1. The summed E-state index contributed by atoms with van der Waals surface area (Å²) in [5.74, 6) is 0.913. The van der Waals surface area contributed by atoms with Gasteiger partial charge in [0.1, 0.15) is 0 Å². The van der Waals surface area contributed by atoms with Crippen LogP contribution in [0.15, 0.2) is 29.3 Å². The highest BCUT2D eigenvalue weighted by Gasteiger charge is 2.22. The zero-order chi connectivity index (χ0) is 15.8. The molecule has 0 spiro atoms. The van der Waals surface area contributed by atoms with E-state index in [0.29, 0.717) is 6.04 Å². The van der Waals surface area contributed by atoms with Gasteiger partial charge in [0.25, 0.3) is 0 Å². The van der Waals surface area contributed by atoms with Gasteiger partial charge in [-0.15, -0.1) is 24.0 Å². The number of rotatable bonds is 6. The number of halogens is 1. The van der Waals surface area contributed by atoms with Crippen LogP contribution in [0, 0.1) is 6.92 Å². The van der Waals surface area contributed by atoms with Crippen LogP contribution in [0.4, 0.5) is 0 Å². The molecule has 2 rings (SSSR count). The van der Waals surface area contributed by atoms with E-state index in [0.717, 1.165) is 32.0 Å². The van der Waals surface area contributed by atoms with Crippen LogP contribution >= 0.6 is 24.0 Å². The van der Waals surface area contributed by atoms with Gasteiger partial charge in [-0.3, -0.25) is 9.89 Å². The molecule has 130 valence electrons. The molecule has 2 N–H and O–H groups in total. The maximum Gasteiger partial charge on any atom is 0.191 e. The molecule has 1 aliphatic heterocycles. The Hall–Kier alpha value is -0.820. The van der Waals surface area contributed by atoms with Gasteiger partial charge in [-0.1, -0.05) is 36.8 Å². The predicted octanol–water partition coefficient (Wildman–Crippen LogP) is 2.80. The van der Waals surface area contributed by atoms with Crippen LogP contribution in [0.2, 0.25) is 0 Å². The number of hydrogen-bond acceptors (Lipinski definition) is 2. The number of nitrogens with one attached hydrogen (secondary N) is 2. The second-order valence-corrected chi connectivity index (χ2v) is 6.04. The number of nitrogens with zero attached hydrogens (tertiary/aromatic N) is 2. The van der Waals surface area contributed by atoms with Gasteiger partial charge in [0.2, 0.25) is 0 Å². The Labute approximate surface area is 158 Å². The molecule has 4 nitrogen and oxygen atoms in total. The highest BCUT2D eigenvalue weighted by molar-refractivity contribution is 14.0. The third-order valence-corrected chi connectivity index (χ3v) is 4.42. The van der Waals surface area contributed by atoms with E-state index in [2.05, 4.69) is 58.6 Å². The molecule has 1 aromatic rings. The highest BCUT2D eigenvalue weighted by Crippen LogP contribution is 2.15. The first-order valence-corrected chi connectivity index (χ1v) is 8.47. The Balaban J connectivity index is 0.00000264. The third-order valence-electron chi connectivity index (χ3n) is 4.42. The minimum Gasteiger partial charge on any atom is -0.356 e. The number of aliphatic imine (C=N–C) groups is 1. The maximum absolute atomic E-state index is 4.32. The number of likely N-dealkylation sites (N-methyl/N-ethyl adjacent to an activating group) is 1. The number of guanidine groups is 1. The average Bonchev–Trinajstić information content (AvgIpc) is 2.98. The number of aryl methyl sites for hydroxylation is 1. The van der Waals surface area contributed by atoms with Crippen molar-refractivity contribution in [2.45, 2.75) is 39.2 Å². The molecule has 1 atom stereocenters. The van der Waals surface area contributed by atoms with E-state index in [9.17, 15) is 0 Å². The van der Waals surface area contributed by atoms with Crippen LogP contribution in [-0.4, -0.2) is 50.1 Å². The summed E-state index contributed by atoms with van der Waals surface area (Å²) in [6.07, 6.45) is 3.63. The van der Waals surface area contributed by atoms with E-state index in [-0.39, 0.29) is 24.0 Å². The Bertz CT molecular complexity index is 490. The van der Waals surface area contributed by atoms with Gasteiger partial charge in [-0.25, -0.2) is 0 Å². The molecule has 1 unspecified atom stereocenters. The van der Waals surface area contributed by atoms with E-state index in [4.69, 9.17) is 0 Å². The molecule has 0 aliphatic carbocycles. The second kappa shape index (κ2) is 10.9. The number of likely N-dealkylation sites (tertiary alicyclic amines) is 1. The van der Waals surface area contributed by atoms with Crippen molar-refractivity contribution in [1.82, 2.24) is 15.5 Å². The van der Waals surface area contributed by atoms with E-state index in [1.165, 1.54) is 30.5 Å². The molecule has 0 aromatic heterocycles. The van der Waals surface area contributed by atoms with Crippen molar-refractivity contribution in [3.05, 3.63) is 35.4 Å². The lowest BCUT2D eigenvalue weighted by Crippen LogP contribution is -2.45. The lowest BCUT2D eigenvalue weighted by molar-refractivity contribution is 0.267. The topological polar surface area (TPSA) is 39.7 Å². The molecule has 1 aliphatic rings. The van der Waals surface area contributed by atoms with Gasteiger partial charge in [0.05, 0.1) is 0 Å². The summed E-state index contributed by atoms with van der Waals surface area (Å²) in [5.41, 5.74) is 2.69. The zero-order valence-corrected chi connectivity index (χ0v) is 17.0. The van der Waals surface area contributed by atoms with Crippen molar-refractivity contribution in [2.24, 2.45) is 4.99 Å². The fourth-order valence-corrected chi connectivity index (χ4v) is 3.17. The van der Waals surface area contributed by atoms with Gasteiger partial charge >= 0.3 is 0 Å². The van der Waals surface area contributed by atoms with Crippen molar-refractivity contribution in [3.63, 3.8) is 0 Å². The zero-order valence-electron chi connectivity index (χ0n) is 14.6. The molecule has 1 fully saturated rings. The standard InChI is InChI=1S/C18H30N4.HI/c1-4-22-12-6-9-17(22)14-21-18(19-3)20-11-10-16-8-5-7-15(2)13-16;/h5,7-8,13,17H,4,6,9-12,14H2,1-3H3,(H2,19,20,21);1H. The van der Waals surface area contributed by atoms with Crippen LogP contribution in [0.25, 0.3) is 0 Å². The van der Waals surface area contributed by atoms with E-state index in [1.807, 2.05) is 7.05 Å². The molecule has 1 aromatic carbocycles. The van der Waals surface area contributed by atoms with E-state index < -0.39 is 0 Å². The molecule has 1 heterocycles. The summed E-state index contributed by atoms with van der Waals surface area (Å²) >= 11 is 0. The first-order valence-electron chi connectivity index (χ1n) is 8.47. The van der Waals surface area contributed by atoms with Gasteiger partial charge in [-0.2, -0.15) is 0 Å².